The first-order valence-corrected chi connectivity index (χ1v) is 11.2. The molecule has 0 bridgehead atoms. The van der Waals surface area contributed by atoms with Gasteiger partial charge in [0.2, 0.25) is 0 Å². The lowest BCUT2D eigenvalue weighted by molar-refractivity contribution is -0.110. The number of carbonyl (C=O) groups excluding carboxylic acids is 2. The molecule has 172 valence electrons. The fourth-order valence-corrected chi connectivity index (χ4v) is 3.79. The molecule has 1 aliphatic heterocycles. The average molecular weight is 462 g/mol. The summed E-state index contributed by atoms with van der Waals surface area (Å²) in [6.07, 6.45) is 7.42. The van der Waals surface area contributed by atoms with Crippen LogP contribution in [0.25, 0.3) is 17.7 Å². The second kappa shape index (κ2) is 9.93. The van der Waals surface area contributed by atoms with Crippen molar-refractivity contribution < 1.29 is 9.59 Å². The number of hydrogen-bond donors (Lipinski definition) is 4. The van der Waals surface area contributed by atoms with Gasteiger partial charge in [-0.25, -0.2) is 4.98 Å². The van der Waals surface area contributed by atoms with Crippen LogP contribution in [-0.4, -0.2) is 28.3 Å². The number of anilines is 3. The summed E-state index contributed by atoms with van der Waals surface area (Å²) in [6, 6.07) is 24.5. The number of benzene rings is 2. The number of aromatic nitrogens is 2. The fraction of sp³-hybridized carbons (Fsp3) is 0.0357. The van der Waals surface area contributed by atoms with Crippen molar-refractivity contribution >= 4 is 46.7 Å². The lowest BCUT2D eigenvalue weighted by atomic mass is 10.0. The molecule has 0 saturated heterocycles. The van der Waals surface area contributed by atoms with E-state index < -0.39 is 0 Å². The smallest absolute Gasteiger partial charge is 0.270 e. The summed E-state index contributed by atoms with van der Waals surface area (Å²) in [6.45, 7) is 0.346. The first-order chi connectivity index (χ1) is 17.2. The van der Waals surface area contributed by atoms with Gasteiger partial charge in [-0.2, -0.15) is 0 Å². The van der Waals surface area contributed by atoms with Crippen LogP contribution in [-0.2, 0) is 4.79 Å². The van der Waals surface area contributed by atoms with Gasteiger partial charge in [0.25, 0.3) is 11.8 Å². The van der Waals surface area contributed by atoms with Gasteiger partial charge in [0, 0.05) is 35.4 Å². The molecule has 0 saturated carbocycles. The van der Waals surface area contributed by atoms with E-state index in [1.54, 1.807) is 12.1 Å². The zero-order chi connectivity index (χ0) is 24.0. The summed E-state index contributed by atoms with van der Waals surface area (Å²) >= 11 is 0. The maximum atomic E-state index is 12.5. The van der Waals surface area contributed by atoms with E-state index in [2.05, 4.69) is 25.9 Å². The van der Waals surface area contributed by atoms with Crippen LogP contribution >= 0.6 is 0 Å². The number of hydrogen-bond acceptors (Lipinski definition) is 4. The number of rotatable bonds is 7. The zero-order valence-corrected chi connectivity index (χ0v) is 18.8. The fourth-order valence-electron chi connectivity index (χ4n) is 3.79. The Balaban J connectivity index is 1.19. The molecule has 4 aromatic rings. The predicted molar refractivity (Wildman–Crippen MR) is 139 cm³/mol. The molecule has 0 aliphatic carbocycles. The van der Waals surface area contributed by atoms with Crippen molar-refractivity contribution in [2.75, 3.05) is 17.2 Å². The lowest BCUT2D eigenvalue weighted by Gasteiger charge is -2.07. The summed E-state index contributed by atoms with van der Waals surface area (Å²) in [4.78, 5) is 32.4. The summed E-state index contributed by atoms with van der Waals surface area (Å²) in [5.41, 5.74) is 5.29. The lowest BCUT2D eigenvalue weighted by Crippen LogP contribution is -2.24. The third-order valence-electron chi connectivity index (χ3n) is 5.47. The first-order valence-electron chi connectivity index (χ1n) is 11.2. The number of nitrogens with one attached hydrogen (secondary N) is 4. The van der Waals surface area contributed by atoms with Crippen LogP contribution in [0.15, 0.2) is 91.1 Å². The van der Waals surface area contributed by atoms with E-state index >= 15 is 0 Å². The zero-order valence-electron chi connectivity index (χ0n) is 18.8. The van der Waals surface area contributed by atoms with E-state index in [-0.39, 0.29) is 11.8 Å². The molecule has 3 heterocycles. The molecule has 2 aromatic heterocycles. The van der Waals surface area contributed by atoms with Crippen LogP contribution in [0.4, 0.5) is 17.2 Å². The van der Waals surface area contributed by atoms with Gasteiger partial charge < -0.3 is 20.9 Å². The van der Waals surface area contributed by atoms with Crippen molar-refractivity contribution in [3.05, 3.63) is 114 Å². The predicted octanol–water partition coefficient (Wildman–Crippen LogP) is 5.09. The van der Waals surface area contributed by atoms with E-state index in [1.165, 1.54) is 0 Å². The maximum absolute atomic E-state index is 12.5. The third-order valence-corrected chi connectivity index (χ3v) is 5.47. The van der Waals surface area contributed by atoms with E-state index in [1.807, 2.05) is 91.2 Å². The summed E-state index contributed by atoms with van der Waals surface area (Å²) in [5, 5.41) is 8.95. The number of fused-ring (bicyclic) bond motifs is 1. The molecule has 0 radical (unpaired) electrons. The third kappa shape index (κ3) is 5.20. The van der Waals surface area contributed by atoms with E-state index in [4.69, 9.17) is 0 Å². The highest BCUT2D eigenvalue weighted by Gasteiger charge is 2.24. The Hall–Kier alpha value is -4.91. The molecule has 0 unspecified atom stereocenters. The summed E-state index contributed by atoms with van der Waals surface area (Å²) in [5.74, 6) is 0.218. The van der Waals surface area contributed by atoms with E-state index in [0.29, 0.717) is 23.6 Å². The molecular formula is C28H23N5O2. The molecule has 0 fully saturated rings. The first kappa shape index (κ1) is 21.9. The molecule has 1 aliphatic rings. The Morgan fingerprint density at radius 1 is 0.971 bits per heavy atom. The van der Waals surface area contributed by atoms with Crippen LogP contribution in [0.1, 0.15) is 27.3 Å². The second-order valence-electron chi connectivity index (χ2n) is 7.95. The Kier molecular flexibility index (Phi) is 6.21. The highest BCUT2D eigenvalue weighted by Crippen LogP contribution is 2.33. The Morgan fingerprint density at radius 2 is 1.86 bits per heavy atom. The number of H-pyrrole nitrogens is 1. The van der Waals surface area contributed by atoms with Gasteiger partial charge in [-0.05, 0) is 54.1 Å². The minimum atomic E-state index is -0.258. The number of para-hydroxylation sites is 1. The average Bonchev–Trinajstić information content (AvgIpc) is 3.50. The quantitative estimate of drug-likeness (QED) is 0.288. The number of aromatic amines is 1. The molecule has 7 heteroatoms. The van der Waals surface area contributed by atoms with E-state index in [0.717, 1.165) is 28.2 Å². The molecule has 5 rings (SSSR count). The van der Waals surface area contributed by atoms with Gasteiger partial charge in [0.15, 0.2) is 0 Å². The highest BCUT2D eigenvalue weighted by atomic mass is 16.2. The summed E-state index contributed by atoms with van der Waals surface area (Å²) < 4.78 is 0. The normalized spacial score (nSPS) is 13.6. The van der Waals surface area contributed by atoms with Gasteiger partial charge in [-0.1, -0.05) is 48.6 Å². The van der Waals surface area contributed by atoms with Crippen molar-refractivity contribution in [3.8, 4) is 0 Å². The van der Waals surface area contributed by atoms with Crippen LogP contribution in [0, 0.1) is 0 Å². The number of amides is 2. The van der Waals surface area contributed by atoms with Gasteiger partial charge in [0.1, 0.15) is 11.5 Å². The molecular weight excluding hydrogens is 438 g/mol. The minimum absolute atomic E-state index is 0.125. The van der Waals surface area contributed by atoms with Crippen LogP contribution in [0.5, 0.6) is 0 Å². The van der Waals surface area contributed by atoms with Crippen LogP contribution in [0.2, 0.25) is 0 Å². The van der Waals surface area contributed by atoms with Crippen molar-refractivity contribution in [1.82, 2.24) is 15.3 Å². The molecule has 35 heavy (non-hydrogen) atoms. The van der Waals surface area contributed by atoms with Crippen molar-refractivity contribution in [3.63, 3.8) is 0 Å². The van der Waals surface area contributed by atoms with Crippen molar-refractivity contribution in [1.29, 1.82) is 0 Å². The van der Waals surface area contributed by atoms with Gasteiger partial charge in [-0.3, -0.25) is 9.59 Å². The van der Waals surface area contributed by atoms with Gasteiger partial charge in [-0.15, -0.1) is 0 Å². The standard InChI is InChI=1S/C28H23N5O2/c34-27-23(18-21-10-6-15-29-21)22-14-13-19(17-25(22)33-27)7-5-16-30-28(35)24-11-4-12-26(32-24)31-20-8-2-1-3-9-20/h1-15,17-18,29H,16H2,(H,30,35)(H,31,32)(H,33,34)/b7-5+,23-18+. The van der Waals surface area contributed by atoms with Gasteiger partial charge in [0.05, 0.1) is 5.57 Å². The number of carbonyl (C=O) groups is 2. The molecule has 7 nitrogen and oxygen atoms in total. The molecule has 0 atom stereocenters. The van der Waals surface area contributed by atoms with Crippen LogP contribution in [0.3, 0.4) is 0 Å². The highest BCUT2D eigenvalue weighted by molar-refractivity contribution is 6.34. The Bertz CT molecular complexity index is 1420. The maximum Gasteiger partial charge on any atom is 0.270 e. The molecule has 4 N–H and O–H groups in total. The van der Waals surface area contributed by atoms with Gasteiger partial charge >= 0.3 is 0 Å². The van der Waals surface area contributed by atoms with Crippen molar-refractivity contribution in [2.45, 2.75) is 0 Å². The van der Waals surface area contributed by atoms with Crippen molar-refractivity contribution in [2.24, 2.45) is 0 Å². The molecule has 0 spiro atoms. The number of nitrogens with zero attached hydrogens (tertiary/aromatic N) is 1. The SMILES string of the molecule is O=C1Nc2cc(/C=C/CNC(=O)c3cccc(Nc4ccccc4)n3)ccc2/C1=C\c1ccc[nH]1. The monoisotopic (exact) mass is 461 g/mol. The second-order valence-corrected chi connectivity index (χ2v) is 7.95. The molecule has 2 aromatic carbocycles. The van der Waals surface area contributed by atoms with E-state index in [9.17, 15) is 9.59 Å². The Labute approximate surface area is 202 Å². The largest absolute Gasteiger partial charge is 0.362 e. The minimum Gasteiger partial charge on any atom is -0.362 e. The molecule has 2 amide bonds. The summed E-state index contributed by atoms with van der Waals surface area (Å²) in [7, 11) is 0. The van der Waals surface area contributed by atoms with Crippen LogP contribution < -0.4 is 16.0 Å². The topological polar surface area (TPSA) is 98.9 Å². The number of pyridine rings is 1. The Morgan fingerprint density at radius 3 is 2.69 bits per heavy atom.